The highest BCUT2D eigenvalue weighted by molar-refractivity contribution is 7.92. The Morgan fingerprint density at radius 1 is 1.23 bits per heavy atom. The van der Waals surface area contributed by atoms with E-state index in [1.807, 2.05) is 46.5 Å². The maximum absolute atomic E-state index is 12.5. The number of hydrogen-bond acceptors (Lipinski definition) is 4. The molecule has 0 radical (unpaired) electrons. The predicted molar refractivity (Wildman–Crippen MR) is 103 cm³/mol. The van der Waals surface area contributed by atoms with Gasteiger partial charge < -0.3 is 9.47 Å². The summed E-state index contributed by atoms with van der Waals surface area (Å²) in [7, 11) is -3.39. The molecule has 0 atom stereocenters. The van der Waals surface area contributed by atoms with E-state index < -0.39 is 10.0 Å². The molecule has 140 valence electrons. The van der Waals surface area contributed by atoms with Crippen LogP contribution in [0.1, 0.15) is 12.5 Å². The normalized spacial score (nSPS) is 17.1. The SMILES string of the molecule is CCn1cnn(C[NH+]2CCN(S(=O)(=O)/C=C/c3ccccc3)CC2)c1=S. The number of aromatic nitrogens is 3. The summed E-state index contributed by atoms with van der Waals surface area (Å²) in [6.45, 7) is 5.96. The maximum Gasteiger partial charge on any atom is 0.236 e. The lowest BCUT2D eigenvalue weighted by atomic mass is 10.2. The Morgan fingerprint density at radius 3 is 2.54 bits per heavy atom. The van der Waals surface area contributed by atoms with Gasteiger partial charge in [0.2, 0.25) is 14.8 Å². The molecule has 1 aliphatic rings. The van der Waals surface area contributed by atoms with E-state index in [0.29, 0.717) is 24.5 Å². The highest BCUT2D eigenvalue weighted by Gasteiger charge is 2.27. The molecule has 7 nitrogen and oxygen atoms in total. The van der Waals surface area contributed by atoms with Crippen LogP contribution in [0.3, 0.4) is 0 Å². The molecule has 0 saturated carbocycles. The van der Waals surface area contributed by atoms with E-state index in [2.05, 4.69) is 5.10 Å². The zero-order valence-corrected chi connectivity index (χ0v) is 16.4. The Labute approximate surface area is 159 Å². The Balaban J connectivity index is 1.58. The lowest BCUT2D eigenvalue weighted by Crippen LogP contribution is -3.14. The van der Waals surface area contributed by atoms with Gasteiger partial charge in [0.1, 0.15) is 6.33 Å². The van der Waals surface area contributed by atoms with Gasteiger partial charge in [-0.2, -0.15) is 14.1 Å². The van der Waals surface area contributed by atoms with E-state index in [9.17, 15) is 8.42 Å². The third-order valence-electron chi connectivity index (χ3n) is 4.53. The van der Waals surface area contributed by atoms with Crippen molar-refractivity contribution in [2.45, 2.75) is 20.1 Å². The molecule has 3 rings (SSSR count). The van der Waals surface area contributed by atoms with Crippen LogP contribution in [0.15, 0.2) is 42.1 Å². The Bertz CT molecular complexity index is 910. The largest absolute Gasteiger partial charge is 0.314 e. The van der Waals surface area contributed by atoms with Gasteiger partial charge in [0, 0.05) is 12.0 Å². The number of rotatable bonds is 6. The van der Waals surface area contributed by atoms with Crippen LogP contribution >= 0.6 is 12.2 Å². The van der Waals surface area contributed by atoms with Gasteiger partial charge in [-0.25, -0.2) is 8.42 Å². The third kappa shape index (κ3) is 4.47. The number of hydrogen-bond donors (Lipinski definition) is 1. The van der Waals surface area contributed by atoms with Crippen LogP contribution < -0.4 is 4.90 Å². The van der Waals surface area contributed by atoms with E-state index in [-0.39, 0.29) is 0 Å². The van der Waals surface area contributed by atoms with E-state index in [1.165, 1.54) is 10.3 Å². The first-order valence-electron chi connectivity index (χ1n) is 8.68. The quantitative estimate of drug-likeness (QED) is 0.729. The number of sulfonamides is 1. The number of aryl methyl sites for hydroxylation is 1. The zero-order chi connectivity index (χ0) is 18.6. The lowest BCUT2D eigenvalue weighted by molar-refractivity contribution is -0.926. The highest BCUT2D eigenvalue weighted by Crippen LogP contribution is 2.08. The fourth-order valence-electron chi connectivity index (χ4n) is 2.94. The molecule has 9 heteroatoms. The number of nitrogens with zero attached hydrogens (tertiary/aromatic N) is 4. The summed E-state index contributed by atoms with van der Waals surface area (Å²) < 4.78 is 31.0. The van der Waals surface area contributed by atoms with Crippen molar-refractivity contribution in [3.05, 3.63) is 52.4 Å². The molecular formula is C17H24N5O2S2+. The van der Waals surface area contributed by atoms with E-state index >= 15 is 0 Å². The van der Waals surface area contributed by atoms with Crippen LogP contribution in [-0.4, -0.2) is 53.2 Å². The zero-order valence-electron chi connectivity index (χ0n) is 14.8. The second kappa shape index (κ2) is 8.26. The second-order valence-electron chi connectivity index (χ2n) is 6.26. The van der Waals surface area contributed by atoms with Crippen LogP contribution in [0.25, 0.3) is 6.08 Å². The smallest absolute Gasteiger partial charge is 0.236 e. The van der Waals surface area contributed by atoms with E-state index in [1.54, 1.807) is 16.7 Å². The van der Waals surface area contributed by atoms with Crippen LogP contribution in [0, 0.1) is 4.77 Å². The van der Waals surface area contributed by atoms with Gasteiger partial charge in [-0.3, -0.25) is 0 Å². The summed E-state index contributed by atoms with van der Waals surface area (Å²) in [5.41, 5.74) is 0.876. The standard InChI is InChI=1S/C17H23N5O2S2/c1-2-20-14-18-22(17(20)25)15-19-9-11-21(12-10-19)26(23,24)13-8-16-6-4-3-5-7-16/h3-8,13-14H,2,9-12,15H2,1H3/p+1/b13-8+. The van der Waals surface area contributed by atoms with E-state index in [0.717, 1.165) is 25.2 Å². The van der Waals surface area contributed by atoms with Crippen molar-refractivity contribution in [2.24, 2.45) is 0 Å². The molecule has 1 saturated heterocycles. The highest BCUT2D eigenvalue weighted by atomic mass is 32.2. The number of benzene rings is 1. The molecule has 0 amide bonds. The van der Waals surface area contributed by atoms with Gasteiger partial charge >= 0.3 is 0 Å². The van der Waals surface area contributed by atoms with Gasteiger partial charge in [-0.15, -0.1) is 0 Å². The lowest BCUT2D eigenvalue weighted by Gasteiger charge is -2.30. The molecule has 1 aromatic carbocycles. The first kappa shape index (κ1) is 19.0. The molecule has 0 spiro atoms. The number of nitrogens with one attached hydrogen (secondary N) is 1. The van der Waals surface area contributed by atoms with Crippen LogP contribution in [0.4, 0.5) is 0 Å². The van der Waals surface area contributed by atoms with Crippen molar-refractivity contribution in [1.29, 1.82) is 0 Å². The Kier molecular flexibility index (Phi) is 6.02. The molecule has 1 fully saturated rings. The summed E-state index contributed by atoms with van der Waals surface area (Å²) in [5, 5.41) is 5.62. The van der Waals surface area contributed by atoms with Crippen molar-refractivity contribution in [1.82, 2.24) is 18.7 Å². The number of quaternary nitrogens is 1. The molecule has 1 N–H and O–H groups in total. The van der Waals surface area contributed by atoms with Crippen molar-refractivity contribution in [3.63, 3.8) is 0 Å². The predicted octanol–water partition coefficient (Wildman–Crippen LogP) is 0.593. The van der Waals surface area contributed by atoms with Crippen molar-refractivity contribution >= 4 is 28.3 Å². The maximum atomic E-state index is 12.5. The van der Waals surface area contributed by atoms with Gasteiger partial charge in [-0.05, 0) is 30.8 Å². The van der Waals surface area contributed by atoms with Crippen LogP contribution in [0.5, 0.6) is 0 Å². The summed E-state index contributed by atoms with van der Waals surface area (Å²) in [6.07, 6.45) is 3.39. The van der Waals surface area contributed by atoms with Crippen LogP contribution in [-0.2, 0) is 23.2 Å². The molecule has 0 unspecified atom stereocenters. The molecule has 2 heterocycles. The summed E-state index contributed by atoms with van der Waals surface area (Å²) >= 11 is 5.39. The monoisotopic (exact) mass is 394 g/mol. The summed E-state index contributed by atoms with van der Waals surface area (Å²) in [6, 6.07) is 9.45. The average Bonchev–Trinajstić information content (AvgIpc) is 3.01. The molecule has 1 aromatic heterocycles. The minimum Gasteiger partial charge on any atom is -0.314 e. The fraction of sp³-hybridized carbons (Fsp3) is 0.412. The number of piperazine rings is 1. The molecular weight excluding hydrogens is 370 g/mol. The summed E-state index contributed by atoms with van der Waals surface area (Å²) in [4.78, 5) is 1.28. The van der Waals surface area contributed by atoms with Gasteiger partial charge in [0.05, 0.1) is 26.2 Å². The molecule has 0 bridgehead atoms. The Hall–Kier alpha value is -1.81. The third-order valence-corrected chi connectivity index (χ3v) is 6.54. The Morgan fingerprint density at radius 2 is 1.92 bits per heavy atom. The van der Waals surface area contributed by atoms with Gasteiger partial charge in [-0.1, -0.05) is 30.3 Å². The van der Waals surface area contributed by atoms with Crippen molar-refractivity contribution in [2.75, 3.05) is 26.2 Å². The van der Waals surface area contributed by atoms with Gasteiger partial charge in [0.25, 0.3) is 0 Å². The fourth-order valence-corrected chi connectivity index (χ4v) is 4.42. The van der Waals surface area contributed by atoms with E-state index in [4.69, 9.17) is 12.2 Å². The average molecular weight is 395 g/mol. The first-order chi connectivity index (χ1) is 12.5. The molecule has 26 heavy (non-hydrogen) atoms. The van der Waals surface area contributed by atoms with Crippen LogP contribution in [0.2, 0.25) is 0 Å². The first-order valence-corrected chi connectivity index (χ1v) is 10.6. The topological polar surface area (TPSA) is 64.6 Å². The van der Waals surface area contributed by atoms with Gasteiger partial charge in [0.15, 0.2) is 6.67 Å². The molecule has 1 aliphatic heterocycles. The molecule has 2 aromatic rings. The van der Waals surface area contributed by atoms with Crippen molar-refractivity contribution < 1.29 is 13.3 Å². The minimum atomic E-state index is -3.39. The second-order valence-corrected chi connectivity index (χ2v) is 8.45. The summed E-state index contributed by atoms with van der Waals surface area (Å²) in [5.74, 6) is 0. The minimum absolute atomic E-state index is 0.499. The molecule has 0 aliphatic carbocycles. The van der Waals surface area contributed by atoms with Crippen molar-refractivity contribution in [3.8, 4) is 0 Å².